The molecule has 202 valence electrons. The van der Waals surface area contributed by atoms with Gasteiger partial charge in [0, 0.05) is 18.3 Å². The normalized spacial score (nSPS) is 16.9. The molecule has 0 aliphatic carbocycles. The number of anilines is 2. The third-order valence-corrected chi connectivity index (χ3v) is 6.87. The average Bonchev–Trinajstić information content (AvgIpc) is 3.29. The summed E-state index contributed by atoms with van der Waals surface area (Å²) in [5, 5.41) is 6.86. The van der Waals surface area contributed by atoms with Crippen LogP contribution >= 0.6 is 0 Å². The van der Waals surface area contributed by atoms with Crippen molar-refractivity contribution in [3.8, 4) is 11.3 Å². The highest BCUT2D eigenvalue weighted by molar-refractivity contribution is 7.92. The molecule has 2 aliphatic rings. The van der Waals surface area contributed by atoms with Gasteiger partial charge in [0.2, 0.25) is 10.0 Å². The lowest BCUT2D eigenvalue weighted by atomic mass is 10.0. The number of carbonyl (C=O) groups excluding carboxylic acids is 2. The summed E-state index contributed by atoms with van der Waals surface area (Å²) in [4.78, 5) is 30.9. The van der Waals surface area contributed by atoms with Gasteiger partial charge in [-0.1, -0.05) is 0 Å². The van der Waals surface area contributed by atoms with Crippen LogP contribution in [0.4, 0.5) is 24.7 Å². The number of nitrogen functional groups attached to an aromatic ring is 1. The lowest BCUT2D eigenvalue weighted by Crippen LogP contribution is -2.48. The molecule has 2 aliphatic heterocycles. The van der Waals surface area contributed by atoms with E-state index in [0.29, 0.717) is 23.7 Å². The Kier molecular flexibility index (Phi) is 5.98. The summed E-state index contributed by atoms with van der Waals surface area (Å²) < 4.78 is 72.8. The number of sulfonamides is 1. The maximum Gasteiger partial charge on any atom is 0.408 e. The molecule has 0 bridgehead atoms. The molecule has 4 heterocycles. The lowest BCUT2D eigenvalue weighted by molar-refractivity contribution is -0.172. The number of aromatic nitrogens is 3. The number of halogens is 3. The Morgan fingerprint density at radius 3 is 2.61 bits per heavy atom. The molecule has 3 aromatic rings. The van der Waals surface area contributed by atoms with Crippen LogP contribution in [0.25, 0.3) is 16.9 Å². The molecule has 5 rings (SSSR count). The number of hydrogen-bond donors (Lipinski definition) is 3. The van der Waals surface area contributed by atoms with E-state index in [4.69, 9.17) is 10.5 Å². The number of hydrogen-bond acceptors (Lipinski definition) is 8. The molecule has 0 saturated carbocycles. The van der Waals surface area contributed by atoms with E-state index in [0.717, 1.165) is 13.2 Å². The summed E-state index contributed by atoms with van der Waals surface area (Å²) in [5.74, 6) is -1.53. The molecule has 1 atom stereocenters. The third kappa shape index (κ3) is 4.60. The van der Waals surface area contributed by atoms with Crippen molar-refractivity contribution in [2.45, 2.75) is 31.7 Å². The Bertz CT molecular complexity index is 1580. The van der Waals surface area contributed by atoms with Gasteiger partial charge in [-0.05, 0) is 30.7 Å². The monoisotopic (exact) mass is 553 g/mol. The summed E-state index contributed by atoms with van der Waals surface area (Å²) in [6.45, 7) is 1.19. The number of nitrogens with two attached hydrogens (primary N) is 1. The number of amides is 2. The van der Waals surface area contributed by atoms with E-state index in [1.54, 1.807) is 0 Å². The van der Waals surface area contributed by atoms with Crippen LogP contribution in [0.2, 0.25) is 0 Å². The predicted molar refractivity (Wildman–Crippen MR) is 129 cm³/mol. The molecule has 12 nitrogen and oxygen atoms in total. The van der Waals surface area contributed by atoms with Crippen molar-refractivity contribution in [2.24, 2.45) is 0 Å². The summed E-state index contributed by atoms with van der Waals surface area (Å²) in [5.41, 5.74) is 6.47. The van der Waals surface area contributed by atoms with E-state index < -0.39 is 34.1 Å². The third-order valence-electron chi connectivity index (χ3n) is 6.28. The minimum absolute atomic E-state index is 0.0229. The van der Waals surface area contributed by atoms with Gasteiger partial charge in [-0.25, -0.2) is 17.9 Å². The highest BCUT2D eigenvalue weighted by Gasteiger charge is 2.46. The van der Waals surface area contributed by atoms with Crippen molar-refractivity contribution >= 4 is 39.0 Å². The number of nitrogens with one attached hydrogen (secondary N) is 2. The standard InChI is InChI=1S/C22H22F3N7O5S/c1-10(22(23,24)25)31-7-12-5-11(6-15(16(12)21(31)34)30-38(2,35)36)14-3-4-32-19(28-14)17(18(26)29-32)20(33)27-13-8-37-9-13/h3-6,10,13,30H,7-9H2,1-2H3,(H2,26,29)(H,27,33)/t10-/m0/s1. The molecule has 1 aromatic carbocycles. The van der Waals surface area contributed by atoms with Crippen LogP contribution in [0.3, 0.4) is 0 Å². The molecule has 1 fully saturated rings. The number of carbonyl (C=O) groups is 2. The van der Waals surface area contributed by atoms with Crippen molar-refractivity contribution in [2.75, 3.05) is 29.9 Å². The van der Waals surface area contributed by atoms with E-state index in [-0.39, 0.29) is 52.1 Å². The van der Waals surface area contributed by atoms with Crippen LogP contribution < -0.4 is 15.8 Å². The van der Waals surface area contributed by atoms with E-state index in [2.05, 4.69) is 20.1 Å². The van der Waals surface area contributed by atoms with Crippen molar-refractivity contribution in [3.05, 3.63) is 41.1 Å². The number of rotatable bonds is 6. The lowest BCUT2D eigenvalue weighted by Gasteiger charge is -2.26. The smallest absolute Gasteiger partial charge is 0.381 e. The fourth-order valence-electron chi connectivity index (χ4n) is 4.30. The zero-order chi connectivity index (χ0) is 27.6. The SMILES string of the molecule is C[C@H](N1Cc2cc(-c3ccn4nc(N)c(C(=O)NC5COC5)c4n3)cc(NS(C)(=O)=O)c2C1=O)C(F)(F)F. The van der Waals surface area contributed by atoms with Crippen LogP contribution in [-0.4, -0.2) is 77.5 Å². The zero-order valence-corrected chi connectivity index (χ0v) is 20.9. The van der Waals surface area contributed by atoms with Crippen LogP contribution in [0, 0.1) is 0 Å². The Morgan fingerprint density at radius 2 is 2.00 bits per heavy atom. The van der Waals surface area contributed by atoms with E-state index in [1.165, 1.54) is 28.9 Å². The summed E-state index contributed by atoms with van der Waals surface area (Å²) in [7, 11) is -3.90. The second kappa shape index (κ2) is 8.83. The van der Waals surface area contributed by atoms with Gasteiger partial charge in [0.05, 0.1) is 42.5 Å². The largest absolute Gasteiger partial charge is 0.408 e. The second-order valence-electron chi connectivity index (χ2n) is 9.13. The number of nitrogens with zero attached hydrogens (tertiary/aromatic N) is 4. The molecule has 2 amide bonds. The Morgan fingerprint density at radius 1 is 1.29 bits per heavy atom. The highest BCUT2D eigenvalue weighted by atomic mass is 32.2. The minimum atomic E-state index is -4.68. The molecule has 1 saturated heterocycles. The van der Waals surface area contributed by atoms with Gasteiger partial charge in [0.25, 0.3) is 11.8 Å². The van der Waals surface area contributed by atoms with Crippen LogP contribution in [0.5, 0.6) is 0 Å². The van der Waals surface area contributed by atoms with Crippen LogP contribution in [0.1, 0.15) is 33.2 Å². The maximum atomic E-state index is 13.4. The van der Waals surface area contributed by atoms with Crippen molar-refractivity contribution in [3.63, 3.8) is 0 Å². The summed E-state index contributed by atoms with van der Waals surface area (Å²) >= 11 is 0. The molecule has 16 heteroatoms. The van der Waals surface area contributed by atoms with Gasteiger partial charge >= 0.3 is 6.18 Å². The fourth-order valence-corrected chi connectivity index (χ4v) is 4.86. The highest BCUT2D eigenvalue weighted by Crippen LogP contribution is 2.38. The topological polar surface area (TPSA) is 161 Å². The van der Waals surface area contributed by atoms with Gasteiger partial charge in [0.15, 0.2) is 11.5 Å². The first kappa shape index (κ1) is 25.7. The van der Waals surface area contributed by atoms with Gasteiger partial charge in [-0.3, -0.25) is 14.3 Å². The second-order valence-corrected chi connectivity index (χ2v) is 10.9. The Hall–Kier alpha value is -3.92. The Balaban J connectivity index is 1.60. The molecule has 0 unspecified atom stereocenters. The first-order valence-corrected chi connectivity index (χ1v) is 13.2. The van der Waals surface area contributed by atoms with E-state index in [9.17, 15) is 31.2 Å². The van der Waals surface area contributed by atoms with Crippen molar-refractivity contribution in [1.82, 2.24) is 24.8 Å². The Labute approximate surface area is 214 Å². The predicted octanol–water partition coefficient (Wildman–Crippen LogP) is 1.39. The van der Waals surface area contributed by atoms with E-state index in [1.807, 2.05) is 0 Å². The van der Waals surface area contributed by atoms with Gasteiger partial charge in [-0.2, -0.15) is 13.2 Å². The van der Waals surface area contributed by atoms with Gasteiger partial charge < -0.3 is 20.7 Å². The molecule has 4 N–H and O–H groups in total. The van der Waals surface area contributed by atoms with Crippen molar-refractivity contribution < 1.29 is 35.9 Å². The number of ether oxygens (including phenoxy) is 1. The number of alkyl halides is 3. The first-order chi connectivity index (χ1) is 17.7. The molecule has 0 radical (unpaired) electrons. The maximum absolute atomic E-state index is 13.4. The number of benzene rings is 1. The molecular formula is C22H22F3N7O5S. The molecule has 0 spiro atoms. The quantitative estimate of drug-likeness (QED) is 0.413. The average molecular weight is 554 g/mol. The van der Waals surface area contributed by atoms with E-state index >= 15 is 0 Å². The molecular weight excluding hydrogens is 531 g/mol. The molecule has 2 aromatic heterocycles. The first-order valence-electron chi connectivity index (χ1n) is 11.3. The van der Waals surface area contributed by atoms with Crippen molar-refractivity contribution in [1.29, 1.82) is 0 Å². The fraction of sp³-hybridized carbons (Fsp3) is 0.364. The van der Waals surface area contributed by atoms with Gasteiger partial charge in [-0.15, -0.1) is 5.10 Å². The summed E-state index contributed by atoms with van der Waals surface area (Å²) in [6.07, 6.45) is -2.33. The minimum Gasteiger partial charge on any atom is -0.381 e. The van der Waals surface area contributed by atoms with Gasteiger partial charge in [0.1, 0.15) is 11.6 Å². The zero-order valence-electron chi connectivity index (χ0n) is 20.0. The molecule has 38 heavy (non-hydrogen) atoms. The summed E-state index contributed by atoms with van der Waals surface area (Å²) in [6, 6.07) is 2.01. The van der Waals surface area contributed by atoms with Crippen LogP contribution in [-0.2, 0) is 21.3 Å². The number of fused-ring (bicyclic) bond motifs is 2. The van der Waals surface area contributed by atoms with Crippen LogP contribution in [0.15, 0.2) is 24.4 Å².